The lowest BCUT2D eigenvalue weighted by Gasteiger charge is -2.32. The predicted molar refractivity (Wildman–Crippen MR) is 90.3 cm³/mol. The second-order valence-corrected chi connectivity index (χ2v) is 6.32. The Morgan fingerprint density at radius 2 is 2.12 bits per heavy atom. The molecule has 2 heterocycles. The van der Waals surface area contributed by atoms with Gasteiger partial charge in [0.05, 0.1) is 18.7 Å². The molecule has 0 saturated carbocycles. The molecule has 0 amide bonds. The van der Waals surface area contributed by atoms with Crippen LogP contribution in [0.5, 0.6) is 0 Å². The Labute approximate surface area is 146 Å². The highest BCUT2D eigenvalue weighted by molar-refractivity contribution is 6.03. The maximum atomic E-state index is 12.7. The molecule has 2 aliphatic rings. The third-order valence-corrected chi connectivity index (χ3v) is 4.92. The first-order chi connectivity index (χ1) is 11.9. The van der Waals surface area contributed by atoms with Crippen LogP contribution in [0.25, 0.3) is 0 Å². The summed E-state index contributed by atoms with van der Waals surface area (Å²) in [6.45, 7) is 6.51. The second-order valence-electron chi connectivity index (χ2n) is 6.32. The van der Waals surface area contributed by atoms with Gasteiger partial charge in [0.1, 0.15) is 11.3 Å². The highest BCUT2D eigenvalue weighted by atomic mass is 16.5. The van der Waals surface area contributed by atoms with Crippen LogP contribution in [0.4, 0.5) is 0 Å². The average molecular weight is 345 g/mol. The molecule has 0 spiro atoms. The van der Waals surface area contributed by atoms with Gasteiger partial charge in [-0.2, -0.15) is 5.10 Å². The van der Waals surface area contributed by atoms with Gasteiger partial charge < -0.3 is 15.2 Å². The Hall–Kier alpha value is -2.57. The smallest absolute Gasteiger partial charge is 0.340 e. The summed E-state index contributed by atoms with van der Waals surface area (Å²) in [6, 6.07) is 0. The van der Waals surface area contributed by atoms with Gasteiger partial charge in [-0.05, 0) is 27.2 Å². The van der Waals surface area contributed by atoms with Crippen LogP contribution in [0.2, 0.25) is 0 Å². The Morgan fingerprint density at radius 1 is 1.40 bits per heavy atom. The number of nitrogens with two attached hydrogens (primary N) is 1. The van der Waals surface area contributed by atoms with Crippen LogP contribution in [0, 0.1) is 13.8 Å². The normalized spacial score (nSPS) is 20.5. The van der Waals surface area contributed by atoms with Gasteiger partial charge in [-0.3, -0.25) is 9.48 Å². The van der Waals surface area contributed by atoms with Crippen molar-refractivity contribution in [2.24, 2.45) is 5.73 Å². The fourth-order valence-corrected chi connectivity index (χ4v) is 3.79. The Bertz CT molecular complexity index is 817. The number of nitrogens with zero attached hydrogens (tertiary/aromatic N) is 2. The summed E-state index contributed by atoms with van der Waals surface area (Å²) in [5, 5.41) is 4.54. The first-order valence-electron chi connectivity index (χ1n) is 8.46. The highest BCUT2D eigenvalue weighted by Gasteiger charge is 2.43. The minimum atomic E-state index is -0.593. The molecule has 0 radical (unpaired) electrons. The van der Waals surface area contributed by atoms with Crippen molar-refractivity contribution in [3.63, 3.8) is 0 Å². The van der Waals surface area contributed by atoms with Crippen LogP contribution in [-0.2, 0) is 25.6 Å². The van der Waals surface area contributed by atoms with E-state index in [1.165, 1.54) is 7.11 Å². The van der Waals surface area contributed by atoms with Crippen molar-refractivity contribution in [2.75, 3.05) is 7.11 Å². The van der Waals surface area contributed by atoms with Gasteiger partial charge in [-0.15, -0.1) is 0 Å². The molecule has 0 aromatic carbocycles. The van der Waals surface area contributed by atoms with Gasteiger partial charge in [0.2, 0.25) is 5.88 Å². The molecule has 0 fully saturated rings. The molecular weight excluding hydrogens is 322 g/mol. The maximum Gasteiger partial charge on any atom is 0.340 e. The lowest BCUT2D eigenvalue weighted by molar-refractivity contribution is -0.136. The van der Waals surface area contributed by atoms with Crippen LogP contribution >= 0.6 is 0 Å². The maximum absolute atomic E-state index is 12.7. The molecule has 1 aromatic heterocycles. The number of esters is 1. The summed E-state index contributed by atoms with van der Waals surface area (Å²) in [6.07, 6.45) is 1.79. The molecule has 1 atom stereocenters. The van der Waals surface area contributed by atoms with Crippen LogP contribution in [0.3, 0.4) is 0 Å². The van der Waals surface area contributed by atoms with Gasteiger partial charge in [-0.1, -0.05) is 0 Å². The zero-order valence-corrected chi connectivity index (χ0v) is 15.0. The van der Waals surface area contributed by atoms with Gasteiger partial charge in [0.25, 0.3) is 0 Å². The lowest BCUT2D eigenvalue weighted by Crippen LogP contribution is -2.31. The van der Waals surface area contributed by atoms with E-state index < -0.39 is 11.9 Å². The van der Waals surface area contributed by atoms with E-state index >= 15 is 0 Å². The molecule has 2 N–H and O–H groups in total. The largest absolute Gasteiger partial charge is 0.465 e. The van der Waals surface area contributed by atoms with Crippen molar-refractivity contribution in [3.05, 3.63) is 39.7 Å². The summed E-state index contributed by atoms with van der Waals surface area (Å²) >= 11 is 0. The summed E-state index contributed by atoms with van der Waals surface area (Å²) in [4.78, 5) is 25.1. The van der Waals surface area contributed by atoms with Crippen LogP contribution in [-0.4, -0.2) is 28.6 Å². The SMILES string of the molecule is CCn1nc(C)c([C@@H]2C(C(=O)OC)=C(N)OC3=C2C(=O)CCC3)c1C. The monoisotopic (exact) mass is 345 g/mol. The average Bonchev–Trinajstić information content (AvgIpc) is 2.87. The van der Waals surface area contributed by atoms with E-state index in [2.05, 4.69) is 5.10 Å². The number of hydrogen-bond acceptors (Lipinski definition) is 6. The van der Waals surface area contributed by atoms with E-state index in [9.17, 15) is 9.59 Å². The van der Waals surface area contributed by atoms with E-state index in [-0.39, 0.29) is 17.2 Å². The number of rotatable bonds is 3. The van der Waals surface area contributed by atoms with Gasteiger partial charge in [0.15, 0.2) is 5.78 Å². The van der Waals surface area contributed by atoms with Crippen molar-refractivity contribution in [2.45, 2.75) is 52.5 Å². The number of ketones is 1. The molecule has 1 aliphatic carbocycles. The third kappa shape index (κ3) is 2.63. The molecule has 7 nitrogen and oxygen atoms in total. The standard InChI is InChI=1S/C18H23N3O4/c1-5-21-10(3)13(9(2)20-21)15-14-11(22)7-6-8-12(14)25-17(19)16(15)18(23)24-4/h15H,5-8,19H2,1-4H3/t15-/m0/s1. The number of carbonyl (C=O) groups excluding carboxylic acids is 2. The Morgan fingerprint density at radius 3 is 2.72 bits per heavy atom. The Balaban J connectivity index is 2.27. The van der Waals surface area contributed by atoms with E-state index in [1.54, 1.807) is 0 Å². The van der Waals surface area contributed by atoms with E-state index in [1.807, 2.05) is 25.5 Å². The molecule has 0 bridgehead atoms. The van der Waals surface area contributed by atoms with E-state index in [4.69, 9.17) is 15.2 Å². The first kappa shape index (κ1) is 17.3. The molecule has 25 heavy (non-hydrogen) atoms. The number of methoxy groups -OCH3 is 1. The minimum Gasteiger partial charge on any atom is -0.465 e. The number of hydrogen-bond donors (Lipinski definition) is 1. The number of carbonyl (C=O) groups is 2. The molecule has 0 saturated heterocycles. The van der Waals surface area contributed by atoms with Crippen LogP contribution in [0.15, 0.2) is 22.8 Å². The van der Waals surface area contributed by atoms with Gasteiger partial charge in [0, 0.05) is 36.2 Å². The van der Waals surface area contributed by atoms with Crippen molar-refractivity contribution >= 4 is 11.8 Å². The number of Topliss-reactive ketones (excluding diaryl/α,β-unsaturated/α-hetero) is 1. The number of aromatic nitrogens is 2. The fraction of sp³-hybridized carbons (Fsp3) is 0.500. The second kappa shape index (κ2) is 6.38. The highest BCUT2D eigenvalue weighted by Crippen LogP contribution is 2.45. The molecule has 1 aromatic rings. The minimum absolute atomic E-state index is 0.00773. The third-order valence-electron chi connectivity index (χ3n) is 4.92. The zero-order chi connectivity index (χ0) is 18.3. The molecule has 7 heteroatoms. The predicted octanol–water partition coefficient (Wildman–Crippen LogP) is 1.98. The van der Waals surface area contributed by atoms with Gasteiger partial charge >= 0.3 is 5.97 Å². The molecule has 134 valence electrons. The molecular formula is C18H23N3O4. The fourth-order valence-electron chi connectivity index (χ4n) is 3.79. The number of allylic oxidation sites excluding steroid dienone is 2. The summed E-state index contributed by atoms with van der Waals surface area (Å²) in [5.74, 6) is -0.620. The molecule has 1 aliphatic heterocycles. The molecule has 3 rings (SSSR count). The van der Waals surface area contributed by atoms with E-state index in [0.29, 0.717) is 30.7 Å². The summed E-state index contributed by atoms with van der Waals surface area (Å²) < 4.78 is 12.4. The van der Waals surface area contributed by atoms with Crippen molar-refractivity contribution in [1.82, 2.24) is 9.78 Å². The Kier molecular flexibility index (Phi) is 4.41. The van der Waals surface area contributed by atoms with Crippen molar-refractivity contribution in [1.29, 1.82) is 0 Å². The van der Waals surface area contributed by atoms with Crippen molar-refractivity contribution in [3.8, 4) is 0 Å². The topological polar surface area (TPSA) is 96.4 Å². The number of ether oxygens (including phenoxy) is 2. The van der Waals surface area contributed by atoms with Crippen LogP contribution in [0.1, 0.15) is 49.1 Å². The first-order valence-corrected chi connectivity index (χ1v) is 8.46. The van der Waals surface area contributed by atoms with E-state index in [0.717, 1.165) is 23.4 Å². The lowest BCUT2D eigenvalue weighted by atomic mass is 9.76. The zero-order valence-electron chi connectivity index (χ0n) is 15.0. The summed E-state index contributed by atoms with van der Waals surface area (Å²) in [7, 11) is 1.29. The summed E-state index contributed by atoms with van der Waals surface area (Å²) in [5.41, 5.74) is 9.26. The van der Waals surface area contributed by atoms with Crippen molar-refractivity contribution < 1.29 is 19.1 Å². The van der Waals surface area contributed by atoms with Crippen LogP contribution < -0.4 is 5.73 Å². The quantitative estimate of drug-likeness (QED) is 0.842. The molecule has 0 unspecified atom stereocenters. The van der Waals surface area contributed by atoms with Gasteiger partial charge in [-0.25, -0.2) is 4.79 Å². The number of aryl methyl sites for hydroxylation is 2.